The molecule has 2 N–H and O–H groups in total. The van der Waals surface area contributed by atoms with E-state index in [4.69, 9.17) is 14.6 Å². The maximum absolute atomic E-state index is 6.43. The zero-order chi connectivity index (χ0) is 16.1. The molecule has 0 saturated heterocycles. The van der Waals surface area contributed by atoms with Crippen LogP contribution in [0.4, 0.5) is 0 Å². The first-order valence-electron chi connectivity index (χ1n) is 8.82. The number of nitrogens with two attached hydrogens (primary N) is 1. The zero-order valence-electron chi connectivity index (χ0n) is 14.4. The summed E-state index contributed by atoms with van der Waals surface area (Å²) in [5.74, 6) is 0. The second kappa shape index (κ2) is 11.8. The Hall–Kier alpha value is -0.683. The number of benzene rings is 1. The van der Waals surface area contributed by atoms with Crippen LogP contribution in [0.1, 0.15) is 52.4 Å². The molecule has 1 aromatic carbocycles. The minimum absolute atomic E-state index is 0.739. The lowest BCUT2D eigenvalue weighted by Gasteiger charge is -2.31. The van der Waals surface area contributed by atoms with Gasteiger partial charge in [0.25, 0.3) is 0 Å². The van der Waals surface area contributed by atoms with E-state index in [9.17, 15) is 0 Å². The fourth-order valence-corrected chi connectivity index (χ4v) is 5.81. The standard InChI is InChI=1S/C18H33NO2Si/c1-3-5-15-20-22(17-11-10-14-19,21-16-6-4-2)18-12-8-7-9-13-18/h7-9,12-13H,3-6,10-11,14-17,19H2,1-2H3. The smallest absolute Gasteiger partial charge is 0.372 e. The maximum atomic E-state index is 6.43. The summed E-state index contributed by atoms with van der Waals surface area (Å²) in [5, 5.41) is 1.26. The van der Waals surface area contributed by atoms with E-state index in [0.29, 0.717) is 0 Å². The van der Waals surface area contributed by atoms with E-state index in [1.807, 2.05) is 0 Å². The highest BCUT2D eigenvalue weighted by Gasteiger charge is 2.39. The highest BCUT2D eigenvalue weighted by molar-refractivity contribution is 6.81. The van der Waals surface area contributed by atoms with Crippen molar-refractivity contribution in [1.82, 2.24) is 0 Å². The van der Waals surface area contributed by atoms with Crippen LogP contribution in [0.25, 0.3) is 0 Å². The third-order valence-corrected chi connectivity index (χ3v) is 7.41. The van der Waals surface area contributed by atoms with Gasteiger partial charge in [-0.15, -0.1) is 0 Å². The van der Waals surface area contributed by atoms with Gasteiger partial charge in [-0.3, -0.25) is 0 Å². The Morgan fingerprint density at radius 1 is 0.864 bits per heavy atom. The van der Waals surface area contributed by atoms with Gasteiger partial charge in [0.1, 0.15) is 0 Å². The summed E-state index contributed by atoms with van der Waals surface area (Å²) < 4.78 is 12.9. The van der Waals surface area contributed by atoms with Crippen LogP contribution in [-0.4, -0.2) is 28.3 Å². The minimum atomic E-state index is -2.34. The van der Waals surface area contributed by atoms with Gasteiger partial charge in [0.2, 0.25) is 0 Å². The molecule has 0 fully saturated rings. The summed E-state index contributed by atoms with van der Waals surface area (Å²) in [4.78, 5) is 0. The SMILES string of the molecule is CCCCO[Si](CCCCN)(OCCCC)c1ccccc1. The van der Waals surface area contributed by atoms with E-state index >= 15 is 0 Å². The van der Waals surface area contributed by atoms with Gasteiger partial charge >= 0.3 is 8.56 Å². The summed E-state index contributed by atoms with van der Waals surface area (Å²) in [6.07, 6.45) is 6.60. The van der Waals surface area contributed by atoms with Crippen LogP contribution < -0.4 is 10.9 Å². The third kappa shape index (κ3) is 6.61. The summed E-state index contributed by atoms with van der Waals surface area (Å²) in [7, 11) is -2.34. The topological polar surface area (TPSA) is 44.5 Å². The largest absolute Gasteiger partial charge is 0.391 e. The van der Waals surface area contributed by atoms with E-state index in [1.165, 1.54) is 5.19 Å². The van der Waals surface area contributed by atoms with Crippen LogP contribution in [0.5, 0.6) is 0 Å². The van der Waals surface area contributed by atoms with Crippen molar-refractivity contribution in [2.45, 2.75) is 58.4 Å². The lowest BCUT2D eigenvalue weighted by atomic mass is 10.3. The third-order valence-electron chi connectivity index (χ3n) is 3.84. The molecular formula is C18H33NO2Si. The predicted octanol–water partition coefficient (Wildman–Crippen LogP) is 3.71. The van der Waals surface area contributed by atoms with Crippen LogP contribution in [0, 0.1) is 0 Å². The first-order valence-corrected chi connectivity index (χ1v) is 10.8. The number of hydrogen-bond acceptors (Lipinski definition) is 3. The molecule has 0 heterocycles. The Balaban J connectivity index is 2.88. The van der Waals surface area contributed by atoms with E-state index in [1.54, 1.807) is 0 Å². The fourth-order valence-electron chi connectivity index (χ4n) is 2.45. The minimum Gasteiger partial charge on any atom is -0.391 e. The molecule has 0 aliphatic rings. The number of hydrogen-bond donors (Lipinski definition) is 1. The molecule has 0 aliphatic heterocycles. The van der Waals surface area contributed by atoms with Gasteiger partial charge in [0, 0.05) is 13.2 Å². The summed E-state index contributed by atoms with van der Waals surface area (Å²) in [5.41, 5.74) is 5.67. The van der Waals surface area contributed by atoms with Crippen LogP contribution in [-0.2, 0) is 8.85 Å². The van der Waals surface area contributed by atoms with E-state index in [0.717, 1.165) is 64.3 Å². The molecule has 1 aromatic rings. The quantitative estimate of drug-likeness (QED) is 0.444. The molecule has 0 radical (unpaired) electrons. The molecule has 0 aliphatic carbocycles. The average Bonchev–Trinajstić information content (AvgIpc) is 2.56. The number of unbranched alkanes of at least 4 members (excludes halogenated alkanes) is 3. The monoisotopic (exact) mass is 323 g/mol. The molecule has 0 saturated carbocycles. The summed E-state index contributed by atoms with van der Waals surface area (Å²) in [6, 6.07) is 11.6. The second-order valence-corrected chi connectivity index (χ2v) is 8.93. The van der Waals surface area contributed by atoms with Crippen LogP contribution in [0.3, 0.4) is 0 Å². The molecule has 3 nitrogen and oxygen atoms in total. The van der Waals surface area contributed by atoms with Crippen molar-refractivity contribution in [2.24, 2.45) is 5.73 Å². The first-order chi connectivity index (χ1) is 10.8. The molecule has 0 unspecified atom stereocenters. The van der Waals surface area contributed by atoms with Crippen molar-refractivity contribution in [2.75, 3.05) is 19.8 Å². The van der Waals surface area contributed by atoms with E-state index in [2.05, 4.69) is 44.2 Å². The van der Waals surface area contributed by atoms with Gasteiger partial charge in [0.05, 0.1) is 0 Å². The molecule has 0 amide bonds. The first kappa shape index (κ1) is 19.4. The van der Waals surface area contributed by atoms with Crippen LogP contribution >= 0.6 is 0 Å². The van der Waals surface area contributed by atoms with Gasteiger partial charge in [-0.1, -0.05) is 57.0 Å². The fraction of sp³-hybridized carbons (Fsp3) is 0.667. The molecule has 0 atom stereocenters. The van der Waals surface area contributed by atoms with Crippen LogP contribution in [0.2, 0.25) is 6.04 Å². The van der Waals surface area contributed by atoms with Crippen molar-refractivity contribution in [3.8, 4) is 0 Å². The molecule has 0 aromatic heterocycles. The molecule has 1 rings (SSSR count). The normalized spacial score (nSPS) is 11.8. The second-order valence-electron chi connectivity index (χ2n) is 5.77. The van der Waals surface area contributed by atoms with Crippen molar-refractivity contribution in [3.05, 3.63) is 30.3 Å². The predicted molar refractivity (Wildman–Crippen MR) is 96.6 cm³/mol. The van der Waals surface area contributed by atoms with Crippen LogP contribution in [0.15, 0.2) is 30.3 Å². The molecule has 22 heavy (non-hydrogen) atoms. The molecule has 126 valence electrons. The average molecular weight is 324 g/mol. The molecule has 0 spiro atoms. The van der Waals surface area contributed by atoms with E-state index in [-0.39, 0.29) is 0 Å². The lowest BCUT2D eigenvalue weighted by molar-refractivity contribution is 0.174. The summed E-state index contributed by atoms with van der Waals surface area (Å²) >= 11 is 0. The Labute approximate surface area is 137 Å². The van der Waals surface area contributed by atoms with Crippen molar-refractivity contribution >= 4 is 13.7 Å². The van der Waals surface area contributed by atoms with Gasteiger partial charge < -0.3 is 14.6 Å². The highest BCUT2D eigenvalue weighted by atomic mass is 28.4. The van der Waals surface area contributed by atoms with Crippen molar-refractivity contribution < 1.29 is 8.85 Å². The van der Waals surface area contributed by atoms with Gasteiger partial charge in [-0.05, 0) is 43.5 Å². The Kier molecular flexibility index (Phi) is 10.4. The van der Waals surface area contributed by atoms with Gasteiger partial charge in [-0.2, -0.15) is 0 Å². The zero-order valence-corrected chi connectivity index (χ0v) is 15.4. The van der Waals surface area contributed by atoms with Crippen molar-refractivity contribution in [3.63, 3.8) is 0 Å². The molecule has 4 heteroatoms. The van der Waals surface area contributed by atoms with Crippen molar-refractivity contribution in [1.29, 1.82) is 0 Å². The molecular weight excluding hydrogens is 290 g/mol. The summed E-state index contributed by atoms with van der Waals surface area (Å²) in [6.45, 7) is 6.73. The molecule has 0 bridgehead atoms. The maximum Gasteiger partial charge on any atom is 0.372 e. The Bertz CT molecular complexity index is 346. The van der Waals surface area contributed by atoms with E-state index < -0.39 is 8.56 Å². The lowest BCUT2D eigenvalue weighted by Crippen LogP contribution is -2.54. The number of rotatable bonds is 13. The Morgan fingerprint density at radius 2 is 1.45 bits per heavy atom. The van der Waals surface area contributed by atoms with Gasteiger partial charge in [0.15, 0.2) is 0 Å². The highest BCUT2D eigenvalue weighted by Crippen LogP contribution is 2.19. The van der Waals surface area contributed by atoms with Gasteiger partial charge in [-0.25, -0.2) is 0 Å². The Morgan fingerprint density at radius 3 is 1.95 bits per heavy atom.